The van der Waals surface area contributed by atoms with Crippen molar-refractivity contribution in [3.63, 3.8) is 0 Å². The quantitative estimate of drug-likeness (QED) is 0.167. The number of methoxy groups -OCH3 is 1. The maximum Gasteiger partial charge on any atom is 0.259 e. The number of para-hydroxylation sites is 1. The van der Waals surface area contributed by atoms with E-state index >= 15 is 0 Å². The predicted molar refractivity (Wildman–Crippen MR) is 179 cm³/mol. The van der Waals surface area contributed by atoms with Crippen molar-refractivity contribution in [1.82, 2.24) is 10.1 Å². The number of ether oxygens (including phenoxy) is 1. The number of piperazine rings is 1. The summed E-state index contributed by atoms with van der Waals surface area (Å²) in [6.45, 7) is 8.99. The maximum absolute atomic E-state index is 14.7. The van der Waals surface area contributed by atoms with Crippen LogP contribution in [0.2, 0.25) is 5.02 Å². The molecule has 0 atom stereocenters. The monoisotopic (exact) mass is 665 g/mol. The Bertz CT molecular complexity index is 1750. The van der Waals surface area contributed by atoms with Gasteiger partial charge in [0, 0.05) is 56.5 Å². The normalized spacial score (nSPS) is 14.2. The molecule has 0 saturated carbocycles. The van der Waals surface area contributed by atoms with Crippen LogP contribution < -0.4 is 25.3 Å². The van der Waals surface area contributed by atoms with Gasteiger partial charge in [-0.2, -0.15) is 5.48 Å². The van der Waals surface area contributed by atoms with E-state index in [1.165, 1.54) is 6.07 Å². The molecule has 0 aliphatic carbocycles. The van der Waals surface area contributed by atoms with E-state index in [1.807, 2.05) is 41.8 Å². The number of aryl methyl sites for hydroxylation is 1. The number of aromatic nitrogens is 1. The fourth-order valence-corrected chi connectivity index (χ4v) is 5.94. The molecule has 2 saturated heterocycles. The molecule has 47 heavy (non-hydrogen) atoms. The number of nitrogens with two attached hydrogens (primary N) is 1. The Balaban J connectivity index is 0.00000213. The van der Waals surface area contributed by atoms with Crippen molar-refractivity contribution in [3.05, 3.63) is 82.3 Å². The number of amides is 2. The van der Waals surface area contributed by atoms with Crippen molar-refractivity contribution in [2.45, 2.75) is 27.2 Å². The molecule has 2 aliphatic heterocycles. The van der Waals surface area contributed by atoms with Crippen molar-refractivity contribution in [2.24, 2.45) is 0 Å². The van der Waals surface area contributed by atoms with Crippen LogP contribution in [0.3, 0.4) is 0 Å². The zero-order chi connectivity index (χ0) is 33.7. The number of quaternary nitrogens is 1. The van der Waals surface area contributed by atoms with Gasteiger partial charge in [-0.25, -0.2) is 9.60 Å². The number of halogens is 2. The van der Waals surface area contributed by atoms with Crippen LogP contribution in [-0.2, 0) is 0 Å². The molecular weight excluding hydrogens is 627 g/mol. The summed E-state index contributed by atoms with van der Waals surface area (Å²) in [7, 11) is 1.56. The van der Waals surface area contributed by atoms with Gasteiger partial charge in [0.25, 0.3) is 11.8 Å². The lowest BCUT2D eigenvalue weighted by Gasteiger charge is -2.36. The van der Waals surface area contributed by atoms with Gasteiger partial charge in [-0.15, -0.1) is 0 Å². The highest BCUT2D eigenvalue weighted by atomic mass is 35.5. The third kappa shape index (κ3) is 6.90. The standard InChI is InChI=1S/C32H32ClFN6O5.C2H6/c1-19-29(30(37-45-19)21-6-3-4-7-28(21)44-2)32(42)40-14-12-39(13-15-40)27-18-24(25(36-43)17-22(27)33)35-31(41)20-8-9-26(23(34)16-20)38-10-5-11-38;1-2/h3-4,6-9,16-18,36,43H,5,10-15H2,1-2H3,(H,35,41);1-2H3/p+1. The minimum atomic E-state index is -0.522. The molecule has 3 aromatic carbocycles. The molecule has 4 N–H and O–H groups in total. The molecule has 2 fully saturated rings. The number of nitrogens with zero attached hydrogens (tertiary/aromatic N) is 4. The second-order valence-electron chi connectivity index (χ2n) is 10.9. The van der Waals surface area contributed by atoms with E-state index in [0.717, 1.165) is 25.0 Å². The van der Waals surface area contributed by atoms with Gasteiger partial charge < -0.3 is 29.3 Å². The van der Waals surface area contributed by atoms with Gasteiger partial charge in [0.05, 0.1) is 23.5 Å². The smallest absolute Gasteiger partial charge is 0.259 e. The minimum absolute atomic E-state index is 0.154. The summed E-state index contributed by atoms with van der Waals surface area (Å²) in [5.41, 5.74) is 4.19. The van der Waals surface area contributed by atoms with Gasteiger partial charge in [0.2, 0.25) is 0 Å². The molecule has 0 radical (unpaired) electrons. The van der Waals surface area contributed by atoms with Crippen LogP contribution in [0.5, 0.6) is 5.75 Å². The Labute approximate surface area is 277 Å². The highest BCUT2D eigenvalue weighted by molar-refractivity contribution is 6.33. The molecule has 0 unspecified atom stereocenters. The van der Waals surface area contributed by atoms with E-state index in [4.69, 9.17) is 20.9 Å². The Morgan fingerprint density at radius 2 is 1.70 bits per heavy atom. The third-order valence-electron chi connectivity index (χ3n) is 8.26. The molecule has 3 heterocycles. The second-order valence-corrected chi connectivity index (χ2v) is 11.3. The van der Waals surface area contributed by atoms with E-state index < -0.39 is 11.7 Å². The number of rotatable bonds is 8. The van der Waals surface area contributed by atoms with Gasteiger partial charge in [-0.3, -0.25) is 9.59 Å². The lowest BCUT2D eigenvalue weighted by molar-refractivity contribution is -0.825. The van der Waals surface area contributed by atoms with Crippen molar-refractivity contribution >= 4 is 46.2 Å². The molecule has 6 rings (SSSR count). The summed E-state index contributed by atoms with van der Waals surface area (Å²) in [4.78, 5) is 32.5. The maximum atomic E-state index is 14.7. The molecule has 248 valence electrons. The highest BCUT2D eigenvalue weighted by Gasteiger charge is 2.31. The van der Waals surface area contributed by atoms with Crippen LogP contribution in [-0.4, -0.2) is 73.5 Å². The third-order valence-corrected chi connectivity index (χ3v) is 8.56. The SMILES string of the molecule is CC.COc1ccccc1-c1noc(C)c1C(=O)N1CCN(c2cc(NC(=O)c3ccc(N4CCC4)c(F)c3)c([NH2+]O)cc2Cl)CC1. The topological polar surface area (TPSA) is 128 Å². The first-order valence-corrected chi connectivity index (χ1v) is 16.0. The van der Waals surface area contributed by atoms with Crippen molar-refractivity contribution in [3.8, 4) is 17.0 Å². The molecule has 0 bridgehead atoms. The number of anilines is 3. The zero-order valence-corrected chi connectivity index (χ0v) is 27.6. The van der Waals surface area contributed by atoms with Gasteiger partial charge in [-0.1, -0.05) is 42.7 Å². The zero-order valence-electron chi connectivity index (χ0n) is 26.8. The van der Waals surface area contributed by atoms with Crippen LogP contribution in [0.4, 0.5) is 27.1 Å². The molecule has 0 spiro atoms. The van der Waals surface area contributed by atoms with E-state index in [0.29, 0.717) is 82.3 Å². The van der Waals surface area contributed by atoms with Crippen molar-refractivity contribution in [2.75, 3.05) is 61.5 Å². The summed E-state index contributed by atoms with van der Waals surface area (Å²) in [5.74, 6) is -0.189. The summed E-state index contributed by atoms with van der Waals surface area (Å²) in [6.07, 6.45) is 1.01. The first-order chi connectivity index (χ1) is 22.8. The van der Waals surface area contributed by atoms with E-state index in [-0.39, 0.29) is 11.5 Å². The first kappa shape index (κ1) is 33.7. The fraction of sp³-hybridized carbons (Fsp3) is 0.324. The minimum Gasteiger partial charge on any atom is -0.496 e. The van der Waals surface area contributed by atoms with Crippen LogP contribution in [0, 0.1) is 12.7 Å². The summed E-state index contributed by atoms with van der Waals surface area (Å²) in [5, 5.41) is 17.2. The average molecular weight is 666 g/mol. The summed E-state index contributed by atoms with van der Waals surface area (Å²) >= 11 is 6.62. The summed E-state index contributed by atoms with van der Waals surface area (Å²) < 4.78 is 25.6. The second kappa shape index (κ2) is 14.8. The van der Waals surface area contributed by atoms with Gasteiger partial charge in [0.1, 0.15) is 34.3 Å². The van der Waals surface area contributed by atoms with Crippen LogP contribution in [0.1, 0.15) is 46.7 Å². The van der Waals surface area contributed by atoms with Crippen LogP contribution in [0.15, 0.2) is 59.1 Å². The van der Waals surface area contributed by atoms with E-state index in [2.05, 4.69) is 10.5 Å². The summed E-state index contributed by atoms with van der Waals surface area (Å²) in [6, 6.07) is 15.0. The van der Waals surface area contributed by atoms with Crippen molar-refractivity contribution < 1.29 is 33.9 Å². The molecule has 2 amide bonds. The number of benzene rings is 3. The van der Waals surface area contributed by atoms with Crippen LogP contribution in [0.25, 0.3) is 11.3 Å². The van der Waals surface area contributed by atoms with Gasteiger partial charge in [-0.05, 0) is 49.7 Å². The Kier molecular flexibility index (Phi) is 10.6. The number of hydrogen-bond donors (Lipinski definition) is 3. The fourth-order valence-electron chi connectivity index (χ4n) is 5.65. The molecule has 13 heteroatoms. The molecular formula is C34H39ClFN6O5+. The number of carbonyl (C=O) groups excluding carboxylic acids is 2. The molecule has 11 nitrogen and oxygen atoms in total. The highest BCUT2D eigenvalue weighted by Crippen LogP contribution is 2.36. The largest absolute Gasteiger partial charge is 0.496 e. The molecule has 1 aromatic heterocycles. The number of nitrogens with one attached hydrogen (secondary N) is 1. The Morgan fingerprint density at radius 3 is 2.34 bits per heavy atom. The van der Waals surface area contributed by atoms with E-state index in [1.54, 1.807) is 49.3 Å². The van der Waals surface area contributed by atoms with Crippen molar-refractivity contribution in [1.29, 1.82) is 0 Å². The molecule has 4 aromatic rings. The molecule has 2 aliphatic rings. The van der Waals surface area contributed by atoms with Crippen LogP contribution >= 0.6 is 11.6 Å². The number of carbonyl (C=O) groups is 2. The lowest BCUT2D eigenvalue weighted by Crippen LogP contribution is -2.74. The first-order valence-electron chi connectivity index (χ1n) is 15.6. The average Bonchev–Trinajstić information content (AvgIpc) is 3.46. The van der Waals surface area contributed by atoms with Gasteiger partial charge >= 0.3 is 0 Å². The Hall–Kier alpha value is -4.65. The van der Waals surface area contributed by atoms with Gasteiger partial charge in [0.15, 0.2) is 5.69 Å². The lowest BCUT2D eigenvalue weighted by atomic mass is 10.0. The predicted octanol–water partition coefficient (Wildman–Crippen LogP) is 5.49. The number of hydrogen-bond acceptors (Lipinski definition) is 8. The Morgan fingerprint density at radius 1 is 1.00 bits per heavy atom. The van der Waals surface area contributed by atoms with E-state index in [9.17, 15) is 19.2 Å².